The molecule has 0 atom stereocenters. The Morgan fingerprint density at radius 2 is 2.00 bits per heavy atom. The quantitative estimate of drug-likeness (QED) is 0.600. The molecule has 6 nitrogen and oxygen atoms in total. The SMILES string of the molecule is CCCc1cn2c(-c3ccc(C(=O)NC4CC4)cc3)cnc2c(NCC(C)C)n1. The maximum Gasteiger partial charge on any atom is 0.251 e. The standard InChI is InChI=1S/C23H29N5O/c1-4-5-19-14-28-20(13-25-22(28)21(26-19)24-12-15(2)3)16-6-8-17(9-7-16)23(29)27-18-10-11-18/h6-9,13-15,18H,4-5,10-12H2,1-3H3,(H,24,26)(H,27,29). The maximum absolute atomic E-state index is 12.2. The molecule has 1 saturated carbocycles. The van der Waals surface area contributed by atoms with Crippen molar-refractivity contribution >= 4 is 17.4 Å². The van der Waals surface area contributed by atoms with E-state index >= 15 is 0 Å². The molecule has 1 amide bonds. The van der Waals surface area contributed by atoms with Gasteiger partial charge in [0.15, 0.2) is 11.5 Å². The van der Waals surface area contributed by atoms with Crippen LogP contribution in [0.1, 0.15) is 56.1 Å². The Morgan fingerprint density at radius 3 is 2.66 bits per heavy atom. The van der Waals surface area contributed by atoms with E-state index in [0.717, 1.165) is 60.6 Å². The van der Waals surface area contributed by atoms with Crippen LogP contribution in [0.3, 0.4) is 0 Å². The number of fused-ring (bicyclic) bond motifs is 1. The van der Waals surface area contributed by atoms with Crippen molar-refractivity contribution in [1.29, 1.82) is 0 Å². The lowest BCUT2D eigenvalue weighted by molar-refractivity contribution is 0.0951. The van der Waals surface area contributed by atoms with Gasteiger partial charge in [-0.1, -0.05) is 39.3 Å². The average Bonchev–Trinajstić information content (AvgIpc) is 3.42. The second-order valence-corrected chi connectivity index (χ2v) is 8.27. The normalized spacial score (nSPS) is 13.8. The van der Waals surface area contributed by atoms with Crippen molar-refractivity contribution in [2.75, 3.05) is 11.9 Å². The highest BCUT2D eigenvalue weighted by Crippen LogP contribution is 2.26. The summed E-state index contributed by atoms with van der Waals surface area (Å²) >= 11 is 0. The van der Waals surface area contributed by atoms with Crippen LogP contribution < -0.4 is 10.6 Å². The fourth-order valence-corrected chi connectivity index (χ4v) is 3.34. The number of carbonyl (C=O) groups excluding carboxylic acids is 1. The summed E-state index contributed by atoms with van der Waals surface area (Å²) in [6.45, 7) is 7.37. The monoisotopic (exact) mass is 391 g/mol. The highest BCUT2D eigenvalue weighted by Gasteiger charge is 2.23. The Morgan fingerprint density at radius 1 is 1.24 bits per heavy atom. The first-order chi connectivity index (χ1) is 14.0. The smallest absolute Gasteiger partial charge is 0.251 e. The second-order valence-electron chi connectivity index (χ2n) is 8.27. The van der Waals surface area contributed by atoms with Crippen LogP contribution in [0, 0.1) is 5.92 Å². The molecule has 2 N–H and O–H groups in total. The number of carbonyl (C=O) groups is 1. The summed E-state index contributed by atoms with van der Waals surface area (Å²) in [5, 5.41) is 6.48. The van der Waals surface area contributed by atoms with Gasteiger partial charge in [0.1, 0.15) is 0 Å². The lowest BCUT2D eigenvalue weighted by Gasteiger charge is -2.12. The number of anilines is 1. The number of nitrogens with zero attached hydrogens (tertiary/aromatic N) is 3. The molecule has 1 aliphatic rings. The topological polar surface area (TPSA) is 71.3 Å². The zero-order chi connectivity index (χ0) is 20.4. The molecular weight excluding hydrogens is 362 g/mol. The predicted octanol–water partition coefficient (Wildman–Crippen LogP) is 4.31. The van der Waals surface area contributed by atoms with Crippen LogP contribution in [-0.2, 0) is 6.42 Å². The maximum atomic E-state index is 12.2. The summed E-state index contributed by atoms with van der Waals surface area (Å²) in [7, 11) is 0. The third kappa shape index (κ3) is 4.42. The van der Waals surface area contributed by atoms with Gasteiger partial charge >= 0.3 is 0 Å². The number of aromatic nitrogens is 3. The summed E-state index contributed by atoms with van der Waals surface area (Å²) in [6.07, 6.45) is 8.10. The summed E-state index contributed by atoms with van der Waals surface area (Å²) < 4.78 is 2.11. The van der Waals surface area contributed by atoms with Crippen molar-refractivity contribution < 1.29 is 4.79 Å². The van der Waals surface area contributed by atoms with Crippen LogP contribution in [0.5, 0.6) is 0 Å². The molecule has 0 bridgehead atoms. The molecule has 29 heavy (non-hydrogen) atoms. The van der Waals surface area contributed by atoms with E-state index in [2.05, 4.69) is 47.0 Å². The predicted molar refractivity (Wildman–Crippen MR) is 116 cm³/mol. The van der Waals surface area contributed by atoms with Crippen LogP contribution in [0.25, 0.3) is 16.9 Å². The van der Waals surface area contributed by atoms with Gasteiger partial charge < -0.3 is 10.6 Å². The molecule has 0 aliphatic heterocycles. The van der Waals surface area contributed by atoms with Gasteiger partial charge in [-0.05, 0) is 37.3 Å². The van der Waals surface area contributed by atoms with Crippen molar-refractivity contribution in [3.05, 3.63) is 47.9 Å². The minimum Gasteiger partial charge on any atom is -0.367 e. The molecule has 4 rings (SSSR count). The Kier molecular flexibility index (Phi) is 5.51. The minimum absolute atomic E-state index is 0.00629. The molecule has 2 aromatic heterocycles. The molecule has 0 spiro atoms. The third-order valence-corrected chi connectivity index (χ3v) is 5.08. The zero-order valence-corrected chi connectivity index (χ0v) is 17.4. The second kappa shape index (κ2) is 8.23. The summed E-state index contributed by atoms with van der Waals surface area (Å²) in [5.41, 5.74) is 4.61. The molecule has 0 unspecified atom stereocenters. The molecule has 0 radical (unpaired) electrons. The summed E-state index contributed by atoms with van der Waals surface area (Å²) in [5.74, 6) is 1.36. The fraction of sp³-hybridized carbons (Fsp3) is 0.435. The van der Waals surface area contributed by atoms with Gasteiger partial charge in [0, 0.05) is 29.9 Å². The van der Waals surface area contributed by atoms with Gasteiger partial charge in [0.25, 0.3) is 5.91 Å². The number of amides is 1. The van der Waals surface area contributed by atoms with E-state index < -0.39 is 0 Å². The van der Waals surface area contributed by atoms with E-state index in [4.69, 9.17) is 4.98 Å². The Balaban J connectivity index is 1.66. The molecule has 1 aliphatic carbocycles. The van der Waals surface area contributed by atoms with Crippen molar-refractivity contribution in [3.8, 4) is 11.3 Å². The Bertz CT molecular complexity index is 1000. The first-order valence-corrected chi connectivity index (χ1v) is 10.6. The number of nitrogens with one attached hydrogen (secondary N) is 2. The number of imidazole rings is 1. The van der Waals surface area contributed by atoms with Crippen LogP contribution >= 0.6 is 0 Å². The summed E-state index contributed by atoms with van der Waals surface area (Å²) in [6, 6.07) is 8.12. The van der Waals surface area contributed by atoms with E-state index in [1.165, 1.54) is 0 Å². The minimum atomic E-state index is 0.00629. The number of hydrogen-bond donors (Lipinski definition) is 2. The highest BCUT2D eigenvalue weighted by atomic mass is 16.1. The van der Waals surface area contributed by atoms with Gasteiger partial charge in [-0.3, -0.25) is 9.20 Å². The molecule has 0 saturated heterocycles. The highest BCUT2D eigenvalue weighted by molar-refractivity contribution is 5.95. The van der Waals surface area contributed by atoms with Crippen molar-refractivity contribution in [2.45, 2.75) is 52.5 Å². The Labute approximate surface area is 171 Å². The average molecular weight is 392 g/mol. The van der Waals surface area contributed by atoms with Crippen LogP contribution in [-0.4, -0.2) is 32.9 Å². The van der Waals surface area contributed by atoms with Crippen molar-refractivity contribution in [2.24, 2.45) is 5.92 Å². The molecule has 3 aromatic rings. The van der Waals surface area contributed by atoms with Gasteiger partial charge in [-0.25, -0.2) is 9.97 Å². The van der Waals surface area contributed by atoms with Gasteiger partial charge in [0.05, 0.1) is 17.6 Å². The van der Waals surface area contributed by atoms with Gasteiger partial charge in [0.2, 0.25) is 0 Å². The molecular formula is C23H29N5O. The van der Waals surface area contributed by atoms with Crippen LogP contribution in [0.15, 0.2) is 36.7 Å². The van der Waals surface area contributed by atoms with Crippen LogP contribution in [0.2, 0.25) is 0 Å². The lowest BCUT2D eigenvalue weighted by Crippen LogP contribution is -2.25. The van der Waals surface area contributed by atoms with E-state index in [9.17, 15) is 4.79 Å². The molecule has 2 heterocycles. The Hall–Kier alpha value is -2.89. The number of hydrogen-bond acceptors (Lipinski definition) is 4. The van der Waals surface area contributed by atoms with Gasteiger partial charge in [-0.2, -0.15) is 0 Å². The van der Waals surface area contributed by atoms with E-state index in [1.807, 2.05) is 30.5 Å². The van der Waals surface area contributed by atoms with Gasteiger partial charge in [-0.15, -0.1) is 0 Å². The first kappa shape index (κ1) is 19.4. The zero-order valence-electron chi connectivity index (χ0n) is 17.4. The van der Waals surface area contributed by atoms with Crippen molar-refractivity contribution in [3.63, 3.8) is 0 Å². The first-order valence-electron chi connectivity index (χ1n) is 10.6. The molecule has 152 valence electrons. The molecule has 6 heteroatoms. The molecule has 1 aromatic carbocycles. The fourth-order valence-electron chi connectivity index (χ4n) is 3.34. The number of benzene rings is 1. The van der Waals surface area contributed by atoms with E-state index in [1.54, 1.807) is 0 Å². The van der Waals surface area contributed by atoms with E-state index in [0.29, 0.717) is 17.5 Å². The summed E-state index contributed by atoms with van der Waals surface area (Å²) in [4.78, 5) is 21.7. The van der Waals surface area contributed by atoms with E-state index in [-0.39, 0.29) is 5.91 Å². The lowest BCUT2D eigenvalue weighted by atomic mass is 10.1. The van der Waals surface area contributed by atoms with Crippen molar-refractivity contribution in [1.82, 2.24) is 19.7 Å². The molecule has 1 fully saturated rings. The number of aryl methyl sites for hydroxylation is 1. The largest absolute Gasteiger partial charge is 0.367 e. The number of rotatable bonds is 8. The van der Waals surface area contributed by atoms with Crippen LogP contribution in [0.4, 0.5) is 5.82 Å². The third-order valence-electron chi connectivity index (χ3n) is 5.08.